The van der Waals surface area contributed by atoms with Crippen molar-refractivity contribution in [1.29, 1.82) is 0 Å². The van der Waals surface area contributed by atoms with E-state index in [0.29, 0.717) is 6.07 Å². The summed E-state index contributed by atoms with van der Waals surface area (Å²) in [5.41, 5.74) is -1.00. The number of phenols is 1. The van der Waals surface area contributed by atoms with Crippen LogP contribution in [0.3, 0.4) is 0 Å². The summed E-state index contributed by atoms with van der Waals surface area (Å²) in [5, 5.41) is 22.9. The van der Waals surface area contributed by atoms with Gasteiger partial charge in [0.05, 0.1) is 33.2 Å². The highest BCUT2D eigenvalue weighted by Gasteiger charge is 2.22. The van der Waals surface area contributed by atoms with Crippen LogP contribution in [0, 0.1) is 0 Å². The molecule has 1 amide bonds. The molecule has 0 aliphatic heterocycles. The van der Waals surface area contributed by atoms with E-state index in [1.807, 2.05) is 0 Å². The summed E-state index contributed by atoms with van der Waals surface area (Å²) in [5.74, 6) is -3.36. The summed E-state index contributed by atoms with van der Waals surface area (Å²) in [6, 6.07) is 7.21. The summed E-state index contributed by atoms with van der Waals surface area (Å²) in [4.78, 5) is 10.3. The second-order valence-electron chi connectivity index (χ2n) is 8.51. The Hall–Kier alpha value is -3.77. The first-order valence-electron chi connectivity index (χ1n) is 11.3. The van der Waals surface area contributed by atoms with Crippen molar-refractivity contribution in [3.63, 3.8) is 0 Å². The van der Waals surface area contributed by atoms with Crippen molar-refractivity contribution in [2.24, 2.45) is 10.2 Å². The Morgan fingerprint density at radius 3 is 2.16 bits per heavy atom. The number of carbonyl (C=O) groups is 1. The number of azo groups is 1. The third kappa shape index (κ3) is 9.36. The van der Waals surface area contributed by atoms with Crippen LogP contribution in [0.15, 0.2) is 62.5 Å². The van der Waals surface area contributed by atoms with Crippen LogP contribution in [0.1, 0.15) is 6.92 Å². The summed E-state index contributed by atoms with van der Waals surface area (Å²) in [6.07, 6.45) is 0. The summed E-state index contributed by atoms with van der Waals surface area (Å²) >= 11 is 0. The quantitative estimate of drug-likeness (QED) is 0.118. The van der Waals surface area contributed by atoms with Crippen LogP contribution in [-0.2, 0) is 49.5 Å². The van der Waals surface area contributed by atoms with E-state index in [0.717, 1.165) is 31.2 Å². The molecule has 0 heterocycles. The van der Waals surface area contributed by atoms with Crippen molar-refractivity contribution < 1.29 is 61.4 Å². The second kappa shape index (κ2) is 12.5. The highest BCUT2D eigenvalue weighted by atomic mass is 32.3. The smallest absolute Gasteiger partial charge is 0.397 e. The van der Waals surface area contributed by atoms with Gasteiger partial charge >= 0.3 is 10.4 Å². The number of hydrogen-bond acceptors (Lipinski definition) is 14. The van der Waals surface area contributed by atoms with Crippen LogP contribution in [0.2, 0.25) is 0 Å². The number of aromatic hydroxyl groups is 1. The molecule has 0 saturated heterocycles. The Balaban J connectivity index is 2.25. The number of fused-ring (bicyclic) bond motifs is 1. The first-order chi connectivity index (χ1) is 19.7. The molecule has 0 aromatic heterocycles. The number of nitrogens with one attached hydrogen (secondary N) is 2. The lowest BCUT2D eigenvalue weighted by atomic mass is 10.1. The molecule has 22 heteroatoms. The van der Waals surface area contributed by atoms with E-state index in [1.165, 1.54) is 12.1 Å². The van der Waals surface area contributed by atoms with Crippen molar-refractivity contribution in [2.45, 2.75) is 16.7 Å². The third-order valence-electron chi connectivity index (χ3n) is 5.24. The van der Waals surface area contributed by atoms with Gasteiger partial charge in [-0.1, -0.05) is 6.07 Å². The number of phenolic OH excluding ortho intramolecular Hbond substituents is 1. The van der Waals surface area contributed by atoms with Gasteiger partial charge in [0.2, 0.25) is 5.91 Å². The SMILES string of the molecule is CC(=O)Nc1ccc(S(=O)(=O)CCOS(=O)(=O)O)c(N=Nc2c(NCS(=O)(=O)O)ccc3cc(S(=O)(=O)O)cc(O)c23)c1. The van der Waals surface area contributed by atoms with E-state index in [2.05, 4.69) is 25.0 Å². The second-order valence-corrected chi connectivity index (χ2v) is 14.6. The number of sulfone groups is 1. The maximum Gasteiger partial charge on any atom is 0.397 e. The van der Waals surface area contributed by atoms with Crippen LogP contribution in [-0.4, -0.2) is 76.6 Å². The molecule has 0 aliphatic carbocycles. The molecule has 0 atom stereocenters. The molecule has 0 unspecified atom stereocenters. The van der Waals surface area contributed by atoms with Crippen LogP contribution >= 0.6 is 0 Å². The standard InChI is InChI=1S/C21H22N4O14S4/c1-12(26)23-14-3-5-19(40(28,29)7-6-39-43(36,37)38)17(9-14)24-25-21-16(22-11-41(30,31)32)4-2-13-8-15(42(33,34)35)10-18(27)20(13)21/h2-5,8-10,22,27H,6-7,11H2,1H3,(H,23,26)(H,30,31,32)(H,33,34,35)(H,36,37,38). The number of rotatable bonds is 12. The number of carbonyl (C=O) groups excluding carboxylic acids is 1. The van der Waals surface area contributed by atoms with Gasteiger partial charge in [-0.2, -0.15) is 25.3 Å². The Kier molecular flexibility index (Phi) is 9.77. The van der Waals surface area contributed by atoms with Crippen LogP contribution in [0.25, 0.3) is 10.8 Å². The van der Waals surface area contributed by atoms with Crippen molar-refractivity contribution in [2.75, 3.05) is 28.9 Å². The predicted molar refractivity (Wildman–Crippen MR) is 150 cm³/mol. The molecule has 3 rings (SSSR count). The molecule has 3 aromatic carbocycles. The Labute approximate surface area is 244 Å². The zero-order valence-electron chi connectivity index (χ0n) is 21.6. The van der Waals surface area contributed by atoms with E-state index in [-0.39, 0.29) is 27.8 Å². The van der Waals surface area contributed by atoms with E-state index >= 15 is 0 Å². The highest BCUT2D eigenvalue weighted by molar-refractivity contribution is 7.91. The summed E-state index contributed by atoms with van der Waals surface area (Å²) in [6.45, 7) is 0.174. The van der Waals surface area contributed by atoms with E-state index < -0.39 is 85.8 Å². The molecule has 18 nitrogen and oxygen atoms in total. The van der Waals surface area contributed by atoms with E-state index in [9.17, 15) is 48.1 Å². The number of amides is 1. The minimum Gasteiger partial charge on any atom is -0.507 e. The molecule has 234 valence electrons. The number of nitrogens with zero attached hydrogens (tertiary/aromatic N) is 2. The molecule has 0 bridgehead atoms. The molecule has 3 aromatic rings. The van der Waals surface area contributed by atoms with Gasteiger partial charge < -0.3 is 15.7 Å². The molecular formula is C21H22N4O14S4. The van der Waals surface area contributed by atoms with Gasteiger partial charge in [-0.3, -0.25) is 18.5 Å². The van der Waals surface area contributed by atoms with E-state index in [4.69, 9.17) is 9.11 Å². The Morgan fingerprint density at radius 2 is 1.58 bits per heavy atom. The Bertz CT molecular complexity index is 2060. The average molecular weight is 683 g/mol. The maximum atomic E-state index is 13.0. The number of anilines is 2. The maximum absolute atomic E-state index is 13.0. The lowest BCUT2D eigenvalue weighted by molar-refractivity contribution is -0.114. The fourth-order valence-electron chi connectivity index (χ4n) is 3.56. The molecule has 0 saturated carbocycles. The third-order valence-corrected chi connectivity index (χ3v) is 8.77. The zero-order chi connectivity index (χ0) is 32.4. The Morgan fingerprint density at radius 1 is 0.907 bits per heavy atom. The van der Waals surface area contributed by atoms with Gasteiger partial charge in [0, 0.05) is 18.7 Å². The van der Waals surface area contributed by atoms with Gasteiger partial charge in [-0.15, -0.1) is 10.2 Å². The minimum atomic E-state index is -4.96. The first kappa shape index (κ1) is 33.7. The molecular weight excluding hydrogens is 661 g/mol. The zero-order valence-corrected chi connectivity index (χ0v) is 24.8. The summed E-state index contributed by atoms with van der Waals surface area (Å²) in [7, 11) is -18.8. The van der Waals surface area contributed by atoms with Crippen molar-refractivity contribution >= 4 is 79.9 Å². The fraction of sp³-hybridized carbons (Fsp3) is 0.190. The van der Waals surface area contributed by atoms with Gasteiger partial charge in [0.1, 0.15) is 23.0 Å². The topological polar surface area (TPSA) is 293 Å². The van der Waals surface area contributed by atoms with Crippen molar-refractivity contribution in [3.8, 4) is 5.75 Å². The fourth-order valence-corrected chi connectivity index (χ4v) is 6.06. The molecule has 6 N–H and O–H groups in total. The first-order valence-corrected chi connectivity index (χ1v) is 17.4. The predicted octanol–water partition coefficient (Wildman–Crippen LogP) is 2.02. The molecule has 43 heavy (non-hydrogen) atoms. The minimum absolute atomic E-state index is 0.0397. The highest BCUT2D eigenvalue weighted by Crippen LogP contribution is 2.42. The van der Waals surface area contributed by atoms with Gasteiger partial charge in [-0.25, -0.2) is 12.6 Å². The number of benzene rings is 3. The molecule has 0 radical (unpaired) electrons. The normalized spacial score (nSPS) is 12.9. The van der Waals surface area contributed by atoms with Gasteiger partial charge in [0.25, 0.3) is 20.2 Å². The largest absolute Gasteiger partial charge is 0.507 e. The van der Waals surface area contributed by atoms with Gasteiger partial charge in [-0.05, 0) is 35.7 Å². The van der Waals surface area contributed by atoms with Gasteiger partial charge in [0.15, 0.2) is 9.84 Å². The van der Waals surface area contributed by atoms with Crippen LogP contribution < -0.4 is 10.6 Å². The molecule has 0 spiro atoms. The van der Waals surface area contributed by atoms with Crippen LogP contribution in [0.4, 0.5) is 22.7 Å². The molecule has 0 aliphatic rings. The van der Waals surface area contributed by atoms with E-state index in [1.54, 1.807) is 0 Å². The lowest BCUT2D eigenvalue weighted by Gasteiger charge is -2.13. The van der Waals surface area contributed by atoms with Crippen molar-refractivity contribution in [1.82, 2.24) is 0 Å². The van der Waals surface area contributed by atoms with Crippen LogP contribution in [0.5, 0.6) is 5.75 Å². The van der Waals surface area contributed by atoms with Crippen molar-refractivity contribution in [3.05, 3.63) is 42.5 Å². The lowest BCUT2D eigenvalue weighted by Crippen LogP contribution is -2.16. The molecule has 0 fully saturated rings. The average Bonchev–Trinajstić information content (AvgIpc) is 2.83. The monoisotopic (exact) mass is 682 g/mol. The summed E-state index contributed by atoms with van der Waals surface area (Å²) < 4.78 is 125. The number of hydrogen-bond donors (Lipinski definition) is 6.